The molecule has 8 heteroatoms. The maximum absolute atomic E-state index is 12.2. The Morgan fingerprint density at radius 2 is 2.16 bits per heavy atom. The predicted molar refractivity (Wildman–Crippen MR) is 76.1 cm³/mol. The molecule has 1 aromatic heterocycles. The highest BCUT2D eigenvalue weighted by Crippen LogP contribution is 2.22. The van der Waals surface area contributed by atoms with Gasteiger partial charge >= 0.3 is 0 Å². The van der Waals surface area contributed by atoms with Crippen LogP contribution in [0.15, 0.2) is 21.5 Å². The van der Waals surface area contributed by atoms with E-state index in [0.29, 0.717) is 0 Å². The van der Waals surface area contributed by atoms with Crippen LogP contribution in [0, 0.1) is 5.92 Å². The van der Waals surface area contributed by atoms with Crippen molar-refractivity contribution in [2.75, 3.05) is 0 Å². The molecule has 0 spiro atoms. The van der Waals surface area contributed by atoms with Gasteiger partial charge in [-0.05, 0) is 24.5 Å². The molecule has 1 unspecified atom stereocenters. The Morgan fingerprint density at radius 3 is 2.58 bits per heavy atom. The summed E-state index contributed by atoms with van der Waals surface area (Å²) in [7, 11) is -3.65. The minimum atomic E-state index is -3.65. The molecule has 0 saturated carbocycles. The average molecular weight is 305 g/mol. The number of amidine groups is 1. The molecule has 0 aromatic carbocycles. The molecule has 0 bridgehead atoms. The summed E-state index contributed by atoms with van der Waals surface area (Å²) in [4.78, 5) is 0.991. The van der Waals surface area contributed by atoms with E-state index in [1.807, 2.05) is 6.92 Å². The first-order valence-electron chi connectivity index (χ1n) is 5.90. The molecule has 0 aliphatic heterocycles. The number of nitrogens with one attached hydrogen (secondary N) is 1. The van der Waals surface area contributed by atoms with Crippen molar-refractivity contribution in [3.8, 4) is 0 Å². The van der Waals surface area contributed by atoms with Gasteiger partial charge in [0.05, 0.1) is 6.04 Å². The smallest absolute Gasteiger partial charge is 0.250 e. The van der Waals surface area contributed by atoms with E-state index >= 15 is 0 Å². The van der Waals surface area contributed by atoms with E-state index in [1.54, 1.807) is 26.0 Å². The molecule has 0 saturated heterocycles. The molecule has 0 aliphatic rings. The van der Waals surface area contributed by atoms with E-state index in [-0.39, 0.29) is 16.0 Å². The lowest BCUT2D eigenvalue weighted by molar-refractivity contribution is 0.313. The Balaban J connectivity index is 3.00. The lowest BCUT2D eigenvalue weighted by atomic mass is 10.1. The van der Waals surface area contributed by atoms with Gasteiger partial charge in [0.2, 0.25) is 0 Å². The summed E-state index contributed by atoms with van der Waals surface area (Å²) in [5, 5.41) is 11.6. The molecular weight excluding hydrogens is 286 g/mol. The van der Waals surface area contributed by atoms with Crippen molar-refractivity contribution in [3.05, 3.63) is 17.0 Å². The number of aryl methyl sites for hydroxylation is 1. The molecule has 1 heterocycles. The lowest BCUT2D eigenvalue weighted by Crippen LogP contribution is -2.47. The summed E-state index contributed by atoms with van der Waals surface area (Å²) in [6.07, 6.45) is 0.786. The van der Waals surface area contributed by atoms with Gasteiger partial charge in [-0.15, -0.1) is 11.3 Å². The Labute approximate surface area is 117 Å². The number of nitrogens with zero attached hydrogens (tertiary/aromatic N) is 1. The van der Waals surface area contributed by atoms with Crippen molar-refractivity contribution < 1.29 is 13.6 Å². The zero-order chi connectivity index (χ0) is 14.6. The van der Waals surface area contributed by atoms with E-state index in [2.05, 4.69) is 9.88 Å². The van der Waals surface area contributed by atoms with E-state index in [0.717, 1.165) is 11.3 Å². The Bertz CT molecular complexity index is 549. The topological polar surface area (TPSA) is 105 Å². The minimum absolute atomic E-state index is 0.128. The van der Waals surface area contributed by atoms with Crippen molar-refractivity contribution in [2.45, 2.75) is 37.4 Å². The fourth-order valence-electron chi connectivity index (χ4n) is 1.52. The van der Waals surface area contributed by atoms with Crippen LogP contribution in [0.1, 0.15) is 25.6 Å². The van der Waals surface area contributed by atoms with Crippen LogP contribution in [-0.4, -0.2) is 25.5 Å². The third kappa shape index (κ3) is 3.92. The largest absolute Gasteiger partial charge is 0.409 e. The van der Waals surface area contributed by atoms with Gasteiger partial charge in [-0.25, -0.2) is 8.42 Å². The molecule has 108 valence electrons. The second-order valence-electron chi connectivity index (χ2n) is 4.44. The molecular formula is C11H19N3O3S2. The van der Waals surface area contributed by atoms with Crippen molar-refractivity contribution in [3.63, 3.8) is 0 Å². The summed E-state index contributed by atoms with van der Waals surface area (Å²) >= 11 is 1.22. The summed E-state index contributed by atoms with van der Waals surface area (Å²) < 4.78 is 27.1. The number of nitrogens with two attached hydrogens (primary N) is 1. The monoisotopic (exact) mass is 305 g/mol. The molecule has 0 radical (unpaired) electrons. The summed E-state index contributed by atoms with van der Waals surface area (Å²) in [6, 6.07) is 2.62. The molecule has 1 atom stereocenters. The highest BCUT2D eigenvalue weighted by Gasteiger charge is 2.26. The van der Waals surface area contributed by atoms with Gasteiger partial charge in [0.15, 0.2) is 5.84 Å². The van der Waals surface area contributed by atoms with Gasteiger partial charge in [0.25, 0.3) is 10.0 Å². The SMILES string of the molecule is CCc1ccc(S(=O)(=O)NC(C(N)=NO)C(C)C)s1. The van der Waals surface area contributed by atoms with Crippen LogP contribution in [0.5, 0.6) is 0 Å². The first kappa shape index (κ1) is 15.9. The number of thiophene rings is 1. The number of hydrogen-bond acceptors (Lipinski definition) is 5. The Kier molecular flexibility index (Phi) is 5.33. The first-order chi connectivity index (χ1) is 8.81. The summed E-state index contributed by atoms with van der Waals surface area (Å²) in [6.45, 7) is 5.54. The second kappa shape index (κ2) is 6.36. The van der Waals surface area contributed by atoms with Crippen molar-refractivity contribution in [2.24, 2.45) is 16.8 Å². The quantitative estimate of drug-likeness (QED) is 0.319. The summed E-state index contributed by atoms with van der Waals surface area (Å²) in [5.41, 5.74) is 5.51. The van der Waals surface area contributed by atoms with Crippen LogP contribution in [0.3, 0.4) is 0 Å². The van der Waals surface area contributed by atoms with Gasteiger partial charge in [-0.3, -0.25) is 0 Å². The maximum Gasteiger partial charge on any atom is 0.250 e. The fourth-order valence-corrected chi connectivity index (χ4v) is 4.19. The van der Waals surface area contributed by atoms with Crippen LogP contribution < -0.4 is 10.5 Å². The molecule has 1 aromatic rings. The van der Waals surface area contributed by atoms with E-state index in [4.69, 9.17) is 10.9 Å². The average Bonchev–Trinajstić information content (AvgIpc) is 2.84. The molecule has 19 heavy (non-hydrogen) atoms. The number of oxime groups is 1. The third-order valence-corrected chi connectivity index (χ3v) is 5.80. The van der Waals surface area contributed by atoms with Gasteiger partial charge in [-0.2, -0.15) is 4.72 Å². The number of sulfonamides is 1. The number of hydrogen-bond donors (Lipinski definition) is 3. The molecule has 4 N–H and O–H groups in total. The van der Waals surface area contributed by atoms with Gasteiger partial charge < -0.3 is 10.9 Å². The first-order valence-corrected chi connectivity index (χ1v) is 8.20. The van der Waals surface area contributed by atoms with E-state index in [1.165, 1.54) is 11.3 Å². The van der Waals surface area contributed by atoms with Crippen LogP contribution >= 0.6 is 11.3 Å². The third-order valence-electron chi connectivity index (χ3n) is 2.63. The van der Waals surface area contributed by atoms with Gasteiger partial charge in [-0.1, -0.05) is 25.9 Å². The van der Waals surface area contributed by atoms with Crippen molar-refractivity contribution in [1.29, 1.82) is 0 Å². The lowest BCUT2D eigenvalue weighted by Gasteiger charge is -2.20. The molecule has 0 aliphatic carbocycles. The van der Waals surface area contributed by atoms with Crippen LogP contribution in [0.2, 0.25) is 0 Å². The van der Waals surface area contributed by atoms with Crippen LogP contribution in [0.25, 0.3) is 0 Å². The molecule has 1 rings (SSSR count). The number of rotatable bonds is 6. The standard InChI is InChI=1S/C11H19N3O3S2/c1-4-8-5-6-9(18-8)19(16,17)14-10(7(2)3)11(12)13-15/h5-7,10,14-15H,4H2,1-3H3,(H2,12,13). The zero-order valence-corrected chi connectivity index (χ0v) is 12.8. The molecule has 0 fully saturated rings. The maximum atomic E-state index is 12.2. The van der Waals surface area contributed by atoms with Crippen LogP contribution in [-0.2, 0) is 16.4 Å². The highest BCUT2D eigenvalue weighted by molar-refractivity contribution is 7.91. The van der Waals surface area contributed by atoms with E-state index in [9.17, 15) is 8.42 Å². The normalized spacial score (nSPS) is 14.8. The summed E-state index contributed by atoms with van der Waals surface area (Å²) in [5.74, 6) is -0.276. The van der Waals surface area contributed by atoms with Gasteiger partial charge in [0.1, 0.15) is 4.21 Å². The second-order valence-corrected chi connectivity index (χ2v) is 7.55. The molecule has 6 nitrogen and oxygen atoms in total. The fraction of sp³-hybridized carbons (Fsp3) is 0.545. The molecule has 0 amide bonds. The predicted octanol–water partition coefficient (Wildman–Crippen LogP) is 1.36. The Hall–Kier alpha value is -1.12. The highest BCUT2D eigenvalue weighted by atomic mass is 32.2. The van der Waals surface area contributed by atoms with Crippen molar-refractivity contribution in [1.82, 2.24) is 4.72 Å². The van der Waals surface area contributed by atoms with Gasteiger partial charge in [0, 0.05) is 4.88 Å². The van der Waals surface area contributed by atoms with E-state index < -0.39 is 16.1 Å². The minimum Gasteiger partial charge on any atom is -0.409 e. The zero-order valence-electron chi connectivity index (χ0n) is 11.1. The van der Waals surface area contributed by atoms with Crippen LogP contribution in [0.4, 0.5) is 0 Å². The Morgan fingerprint density at radius 1 is 1.53 bits per heavy atom. The van der Waals surface area contributed by atoms with Crippen molar-refractivity contribution >= 4 is 27.2 Å².